The van der Waals surface area contributed by atoms with Gasteiger partial charge in [-0.25, -0.2) is 19.9 Å². The molecule has 3 aromatic rings. The summed E-state index contributed by atoms with van der Waals surface area (Å²) in [4.78, 5) is 36.2. The Kier molecular flexibility index (Phi) is 26.1. The fourth-order valence-electron chi connectivity index (χ4n) is 2.51. The van der Waals surface area contributed by atoms with Crippen molar-refractivity contribution in [3.8, 4) is 0 Å². The van der Waals surface area contributed by atoms with Gasteiger partial charge in [-0.2, -0.15) is 24.9 Å². The van der Waals surface area contributed by atoms with Crippen LogP contribution in [0.1, 0.15) is 91.5 Å². The number of hydrogen-bond donors (Lipinski definition) is 3. The Morgan fingerprint density at radius 2 is 0.829 bits per heavy atom. The van der Waals surface area contributed by atoms with E-state index < -0.39 is 0 Å². The van der Waals surface area contributed by atoms with Crippen molar-refractivity contribution in [1.82, 2.24) is 44.9 Å². The minimum absolute atomic E-state index is 0.150. The standard InChI is InChI=1S/C10H18N4.C7H11ClN4.C5H5Cl2N3.C3H8.CH5N/c1-4-7-9-12-8(5-2)13-10(14-9)11-6-3;1-3-5-10-6(8)12-7(11-5)9-4-2;1-2-3-8-4(6)10-5(7)9-3;1-3-2;1-2/h4-7H2,1-3H3,(H,11,12,13,14);3-4H2,1-2H3,(H,9,10,11,12);2H2,1H3;3H2,1-2H3;2H2,1H3. The molecule has 0 saturated heterocycles. The van der Waals surface area contributed by atoms with Gasteiger partial charge in [-0.05, 0) is 62.1 Å². The Hall–Kier alpha value is -2.54. The Balaban J connectivity index is 0. The zero-order valence-corrected chi connectivity index (χ0v) is 28.2. The van der Waals surface area contributed by atoms with Gasteiger partial charge in [0.2, 0.25) is 27.7 Å². The van der Waals surface area contributed by atoms with E-state index in [1.807, 2.05) is 27.7 Å². The number of nitrogens with zero attached hydrogens (tertiary/aromatic N) is 9. The van der Waals surface area contributed by atoms with E-state index in [9.17, 15) is 0 Å². The molecule has 0 saturated carbocycles. The van der Waals surface area contributed by atoms with E-state index in [1.54, 1.807) is 0 Å². The van der Waals surface area contributed by atoms with Crippen LogP contribution in [-0.2, 0) is 25.7 Å². The maximum atomic E-state index is 5.66. The van der Waals surface area contributed by atoms with Crippen LogP contribution in [0.25, 0.3) is 0 Å². The van der Waals surface area contributed by atoms with Gasteiger partial charge in [-0.15, -0.1) is 0 Å². The van der Waals surface area contributed by atoms with E-state index in [4.69, 9.17) is 34.8 Å². The normalized spacial score (nSPS) is 9.39. The van der Waals surface area contributed by atoms with Crippen LogP contribution >= 0.6 is 34.8 Å². The summed E-state index contributed by atoms with van der Waals surface area (Å²) in [6, 6.07) is 0. The molecule has 0 fully saturated rings. The van der Waals surface area contributed by atoms with Gasteiger partial charge in [0.15, 0.2) is 0 Å². The third-order valence-corrected chi connectivity index (χ3v) is 4.61. The molecule has 3 heterocycles. The van der Waals surface area contributed by atoms with Crippen molar-refractivity contribution >= 4 is 46.7 Å². The fraction of sp³-hybridized carbons (Fsp3) is 0.654. The quantitative estimate of drug-likeness (QED) is 0.249. The van der Waals surface area contributed by atoms with E-state index in [1.165, 1.54) is 13.5 Å². The highest BCUT2D eigenvalue weighted by Crippen LogP contribution is 2.07. The van der Waals surface area contributed by atoms with E-state index in [0.717, 1.165) is 50.4 Å². The van der Waals surface area contributed by atoms with Gasteiger partial charge in [0, 0.05) is 38.8 Å². The van der Waals surface area contributed by atoms with Gasteiger partial charge >= 0.3 is 0 Å². The first-order valence-corrected chi connectivity index (χ1v) is 15.1. The zero-order chi connectivity index (χ0) is 31.6. The molecule has 0 bridgehead atoms. The van der Waals surface area contributed by atoms with Crippen LogP contribution in [0, 0.1) is 0 Å². The first kappa shape index (κ1) is 40.6. The highest BCUT2D eigenvalue weighted by molar-refractivity contribution is 6.31. The molecule has 4 N–H and O–H groups in total. The largest absolute Gasteiger partial charge is 0.354 e. The first-order valence-electron chi connectivity index (χ1n) is 13.9. The highest BCUT2D eigenvalue weighted by Gasteiger charge is 2.04. The fourth-order valence-corrected chi connectivity index (χ4v) is 3.08. The van der Waals surface area contributed by atoms with Crippen molar-refractivity contribution < 1.29 is 0 Å². The van der Waals surface area contributed by atoms with E-state index in [-0.39, 0.29) is 15.9 Å². The predicted molar refractivity (Wildman–Crippen MR) is 171 cm³/mol. The summed E-state index contributed by atoms with van der Waals surface area (Å²) in [5.74, 6) is 4.36. The first-order chi connectivity index (χ1) is 19.7. The van der Waals surface area contributed by atoms with E-state index in [2.05, 4.69) is 88.9 Å². The minimum atomic E-state index is 0.150. The Labute approximate surface area is 260 Å². The van der Waals surface area contributed by atoms with Crippen molar-refractivity contribution in [3.63, 3.8) is 0 Å². The van der Waals surface area contributed by atoms with Gasteiger partial charge in [-0.3, -0.25) is 0 Å². The molecule has 12 nitrogen and oxygen atoms in total. The molecule has 232 valence electrons. The van der Waals surface area contributed by atoms with Crippen molar-refractivity contribution in [3.05, 3.63) is 39.1 Å². The molecule has 3 rings (SSSR count). The monoisotopic (exact) mass is 632 g/mol. The van der Waals surface area contributed by atoms with Gasteiger partial charge in [0.25, 0.3) is 0 Å². The second-order valence-electron chi connectivity index (χ2n) is 7.70. The summed E-state index contributed by atoms with van der Waals surface area (Å²) >= 11 is 16.6. The van der Waals surface area contributed by atoms with Crippen LogP contribution < -0.4 is 16.4 Å². The number of anilines is 2. The molecule has 0 aliphatic rings. The zero-order valence-electron chi connectivity index (χ0n) is 25.9. The lowest BCUT2D eigenvalue weighted by atomic mass is 10.3. The van der Waals surface area contributed by atoms with Crippen LogP contribution in [-0.4, -0.2) is 65.0 Å². The smallest absolute Gasteiger partial charge is 0.227 e. The van der Waals surface area contributed by atoms with Gasteiger partial charge < -0.3 is 16.4 Å². The Morgan fingerprint density at radius 3 is 1.22 bits per heavy atom. The van der Waals surface area contributed by atoms with Gasteiger partial charge in [-0.1, -0.05) is 48.0 Å². The second-order valence-corrected chi connectivity index (χ2v) is 8.72. The van der Waals surface area contributed by atoms with Crippen molar-refractivity contribution in [2.24, 2.45) is 5.73 Å². The molecule has 41 heavy (non-hydrogen) atoms. The van der Waals surface area contributed by atoms with E-state index in [0.29, 0.717) is 30.0 Å². The number of aryl methyl sites for hydroxylation is 4. The lowest BCUT2D eigenvalue weighted by molar-refractivity contribution is 0.781. The molecule has 15 heteroatoms. The van der Waals surface area contributed by atoms with Crippen LogP contribution in [0.2, 0.25) is 15.9 Å². The highest BCUT2D eigenvalue weighted by atomic mass is 35.5. The van der Waals surface area contributed by atoms with Gasteiger partial charge in [0.05, 0.1) is 0 Å². The molecule has 0 atom stereocenters. The number of hydrogen-bond acceptors (Lipinski definition) is 12. The average molecular weight is 634 g/mol. The third-order valence-electron chi connectivity index (χ3n) is 4.10. The van der Waals surface area contributed by atoms with Crippen molar-refractivity contribution in [1.29, 1.82) is 0 Å². The van der Waals surface area contributed by atoms with Crippen molar-refractivity contribution in [2.45, 2.75) is 93.9 Å². The molecule has 0 spiro atoms. The molecule has 0 aliphatic carbocycles. The van der Waals surface area contributed by atoms with Crippen LogP contribution in [0.3, 0.4) is 0 Å². The number of halogens is 3. The lowest BCUT2D eigenvalue weighted by Crippen LogP contribution is -2.09. The number of nitrogens with one attached hydrogen (secondary N) is 2. The maximum absolute atomic E-state index is 5.66. The molecule has 0 unspecified atom stereocenters. The lowest BCUT2D eigenvalue weighted by Gasteiger charge is -2.05. The number of aromatic nitrogens is 9. The maximum Gasteiger partial charge on any atom is 0.227 e. The Bertz CT molecular complexity index is 1030. The van der Waals surface area contributed by atoms with E-state index >= 15 is 0 Å². The summed E-state index contributed by atoms with van der Waals surface area (Å²) in [6.07, 6.45) is 5.58. The molecule has 0 radical (unpaired) electrons. The minimum Gasteiger partial charge on any atom is -0.354 e. The topological polar surface area (TPSA) is 166 Å². The SMILES string of the molecule is CCC.CCCc1nc(CC)nc(NCC)n1.CCNc1nc(Cl)nc(CC)n1.CCc1nc(Cl)nc(Cl)n1.CN. The molecular weight excluding hydrogens is 587 g/mol. The summed E-state index contributed by atoms with van der Waals surface area (Å²) in [5, 5.41) is 6.64. The van der Waals surface area contributed by atoms with Crippen molar-refractivity contribution in [2.75, 3.05) is 30.8 Å². The van der Waals surface area contributed by atoms with Crippen LogP contribution in [0.5, 0.6) is 0 Å². The molecule has 0 aliphatic heterocycles. The Morgan fingerprint density at radius 1 is 0.488 bits per heavy atom. The molecule has 0 aromatic carbocycles. The number of rotatable bonds is 9. The molecule has 3 aromatic heterocycles. The van der Waals surface area contributed by atoms with Gasteiger partial charge in [0.1, 0.15) is 23.3 Å². The second kappa shape index (κ2) is 26.4. The summed E-state index contributed by atoms with van der Waals surface area (Å²) in [6.45, 7) is 18.0. The summed E-state index contributed by atoms with van der Waals surface area (Å²) in [7, 11) is 1.50. The predicted octanol–water partition coefficient (Wildman–Crippen LogP) is 6.07. The number of nitrogens with two attached hydrogens (primary N) is 1. The van der Waals surface area contributed by atoms with Crippen LogP contribution in [0.15, 0.2) is 0 Å². The molecular formula is C26H47Cl3N12. The third kappa shape index (κ3) is 20.1. The molecule has 0 amide bonds. The average Bonchev–Trinajstić information content (AvgIpc) is 2.95. The summed E-state index contributed by atoms with van der Waals surface area (Å²) in [5.41, 5.74) is 4.50. The van der Waals surface area contributed by atoms with Crippen LogP contribution in [0.4, 0.5) is 11.9 Å². The summed E-state index contributed by atoms with van der Waals surface area (Å²) < 4.78 is 0.